The van der Waals surface area contributed by atoms with E-state index >= 15 is 0 Å². The first-order valence-corrected chi connectivity index (χ1v) is 34.2. The fourth-order valence-electron chi connectivity index (χ4n) is 11.5. The number of benzene rings is 6. The Morgan fingerprint density at radius 1 is 0.467 bits per heavy atom. The third kappa shape index (κ3) is 6.79. The molecule has 0 N–H and O–H groups in total. The molecule has 0 nitrogen and oxygen atoms in total. The molecule has 0 aromatic heterocycles. The summed E-state index contributed by atoms with van der Waals surface area (Å²) < 4.78 is 1.11. The Hall–Kier alpha value is -3.52. The second kappa shape index (κ2) is 16.0. The molecular weight excluding hydrogens is 863 g/mol. The van der Waals surface area contributed by atoms with Crippen molar-refractivity contribution >= 4 is 52.3 Å². The van der Waals surface area contributed by atoms with Gasteiger partial charge in [0.05, 0.1) is 0 Å². The molecule has 6 aromatic rings. The monoisotopic (exact) mass is 919 g/mol. The first-order chi connectivity index (χ1) is 28.8. The predicted molar refractivity (Wildman–Crippen MR) is 263 cm³/mol. The number of hydrogen-bond acceptors (Lipinski definition) is 0. The molecule has 1 heterocycles. The fraction of sp³-hybridized carbons (Fsp3) is 0.286. The minimum absolute atomic E-state index is 0.0966. The van der Waals surface area contributed by atoms with E-state index in [4.69, 9.17) is 0 Å². The Kier molecular flexibility index (Phi) is 11.1. The number of hydrogen-bond donors (Lipinski definition) is 0. The summed E-state index contributed by atoms with van der Waals surface area (Å²) in [6.07, 6.45) is 7.00. The Morgan fingerprint density at radius 2 is 0.883 bits per heavy atom. The van der Waals surface area contributed by atoms with Crippen molar-refractivity contribution in [3.63, 3.8) is 0 Å². The van der Waals surface area contributed by atoms with Crippen molar-refractivity contribution in [2.24, 2.45) is 11.8 Å². The van der Waals surface area contributed by atoms with Gasteiger partial charge in [0.2, 0.25) is 0 Å². The van der Waals surface area contributed by atoms with Gasteiger partial charge < -0.3 is 0 Å². The van der Waals surface area contributed by atoms with Gasteiger partial charge in [0.15, 0.2) is 0 Å². The molecule has 305 valence electrons. The van der Waals surface area contributed by atoms with Crippen LogP contribution in [0.15, 0.2) is 139 Å². The molecular formula is C56H59Cl2SiZr. The maximum absolute atomic E-state index is 9.45. The molecule has 1 aliphatic heterocycles. The summed E-state index contributed by atoms with van der Waals surface area (Å²) in [5.74, 6) is 1.66. The molecule has 0 spiro atoms. The van der Waals surface area contributed by atoms with E-state index in [1.54, 1.807) is 0 Å². The van der Waals surface area contributed by atoms with Gasteiger partial charge in [-0.15, -0.1) is 0 Å². The quantitative estimate of drug-likeness (QED) is 0.113. The first-order valence-electron chi connectivity index (χ1n) is 22.4. The van der Waals surface area contributed by atoms with Crippen LogP contribution in [0.4, 0.5) is 0 Å². The van der Waals surface area contributed by atoms with E-state index < -0.39 is 25.9 Å². The number of halogens is 2. The van der Waals surface area contributed by atoms with E-state index in [9.17, 15) is 17.0 Å². The van der Waals surface area contributed by atoms with Crippen molar-refractivity contribution in [1.29, 1.82) is 0 Å². The maximum atomic E-state index is 9.45. The van der Waals surface area contributed by atoms with Crippen molar-refractivity contribution < 1.29 is 16.4 Å². The Morgan fingerprint density at radius 3 is 1.37 bits per heavy atom. The molecule has 3 aliphatic rings. The van der Waals surface area contributed by atoms with Crippen LogP contribution in [-0.2, 0) is 16.4 Å². The molecule has 6 aromatic carbocycles. The standard InChI is InChI=1S/2C22H25.C12H9Si.2ClH.Zr/c2*1-15(2)12-17-13-18-8-7-11-21(22(18)14-17)20-10-6-5-9-19(20)16(3)4;1-3-7-11-9(5-1)10-6-2-4-8-12(10)13-11;;;/h2*5-11,13-16H,12H2,1-4H3;1-7H,13H2;2*1H;/q;;;;;+2/p-2. The van der Waals surface area contributed by atoms with Gasteiger partial charge in [0.1, 0.15) is 0 Å². The van der Waals surface area contributed by atoms with Crippen LogP contribution >= 0.6 is 17.0 Å². The molecule has 2 aliphatic carbocycles. The van der Waals surface area contributed by atoms with Crippen LogP contribution in [-0.4, -0.2) is 9.52 Å². The summed E-state index contributed by atoms with van der Waals surface area (Å²) in [5.41, 5.74) is 18.8. The second-order valence-electron chi connectivity index (χ2n) is 19.4. The van der Waals surface area contributed by atoms with Gasteiger partial charge in [-0.2, -0.15) is 0 Å². The van der Waals surface area contributed by atoms with Crippen LogP contribution in [0, 0.1) is 11.8 Å². The molecule has 0 saturated carbocycles. The third-order valence-electron chi connectivity index (χ3n) is 13.8. The van der Waals surface area contributed by atoms with Crippen molar-refractivity contribution in [1.82, 2.24) is 0 Å². The SMILES string of the molecule is CC(C)CC1=Cc2c(-c3ccccc3C(C)C)cccc2[CH]1[Zr]([Cl])([Cl])([c]1cccc2c1[SiH2]c1ccccc1-2)[CH]1C(CC(C)C)=Cc2c(-c3ccccc3C(C)C)cccc21. The van der Waals surface area contributed by atoms with Gasteiger partial charge in [-0.25, -0.2) is 0 Å². The van der Waals surface area contributed by atoms with Crippen LogP contribution in [0.2, 0.25) is 0 Å². The third-order valence-corrected chi connectivity index (χ3v) is 36.6. The second-order valence-corrected chi connectivity index (χ2v) is 41.8. The van der Waals surface area contributed by atoms with Gasteiger partial charge in [0.25, 0.3) is 0 Å². The van der Waals surface area contributed by atoms with Gasteiger partial charge in [-0.05, 0) is 0 Å². The minimum atomic E-state index is -5.68. The van der Waals surface area contributed by atoms with Crippen LogP contribution < -0.4 is 13.6 Å². The Balaban J connectivity index is 1.38. The van der Waals surface area contributed by atoms with Crippen LogP contribution in [0.1, 0.15) is 121 Å². The molecule has 0 fully saturated rings. The molecule has 4 heteroatoms. The summed E-state index contributed by atoms with van der Waals surface area (Å²) >= 11 is -5.68. The number of rotatable bonds is 11. The Labute approximate surface area is 370 Å². The van der Waals surface area contributed by atoms with Crippen LogP contribution in [0.5, 0.6) is 0 Å². The first kappa shape index (κ1) is 41.8. The average Bonchev–Trinajstić information content (AvgIpc) is 3.92. The van der Waals surface area contributed by atoms with E-state index in [-0.39, 0.29) is 7.25 Å². The van der Waals surface area contributed by atoms with Crippen LogP contribution in [0.25, 0.3) is 45.5 Å². The average molecular weight is 922 g/mol. The van der Waals surface area contributed by atoms with E-state index in [1.807, 2.05) is 0 Å². The number of allylic oxidation sites excluding steroid dienone is 2. The van der Waals surface area contributed by atoms with Gasteiger partial charge in [-0.3, -0.25) is 0 Å². The molecule has 2 atom stereocenters. The zero-order valence-electron chi connectivity index (χ0n) is 36.6. The normalized spacial score (nSPS) is 17.8. The van der Waals surface area contributed by atoms with Crippen molar-refractivity contribution in [2.45, 2.75) is 87.3 Å². The molecule has 60 heavy (non-hydrogen) atoms. The van der Waals surface area contributed by atoms with Gasteiger partial charge in [0, 0.05) is 0 Å². The zero-order chi connectivity index (χ0) is 42.1. The van der Waals surface area contributed by atoms with Crippen molar-refractivity contribution in [3.8, 4) is 33.4 Å². The fourth-order valence-corrected chi connectivity index (χ4v) is 39.4. The molecule has 0 radical (unpaired) electrons. The van der Waals surface area contributed by atoms with Crippen LogP contribution in [0.3, 0.4) is 0 Å². The summed E-state index contributed by atoms with van der Waals surface area (Å²) in [4.78, 5) is 0. The summed E-state index contributed by atoms with van der Waals surface area (Å²) in [6, 6.07) is 48.2. The van der Waals surface area contributed by atoms with E-state index in [0.29, 0.717) is 23.7 Å². The predicted octanol–water partition coefficient (Wildman–Crippen LogP) is 14.4. The topological polar surface area (TPSA) is 0 Å². The zero-order valence-corrected chi connectivity index (χ0v) is 42.0. The molecule has 0 saturated heterocycles. The van der Waals surface area contributed by atoms with Gasteiger partial charge in [-0.1, -0.05) is 0 Å². The summed E-state index contributed by atoms with van der Waals surface area (Å²) in [5, 5.41) is 2.98. The molecule has 0 bridgehead atoms. The summed E-state index contributed by atoms with van der Waals surface area (Å²) in [7, 11) is 18.0. The Bertz CT molecular complexity index is 2580. The molecule has 9 rings (SSSR count). The summed E-state index contributed by atoms with van der Waals surface area (Å²) in [6.45, 7) is 18.7. The van der Waals surface area contributed by atoms with Gasteiger partial charge >= 0.3 is 373 Å². The van der Waals surface area contributed by atoms with E-state index in [0.717, 1.165) is 12.8 Å². The number of fused-ring (bicyclic) bond motifs is 5. The molecule has 2 unspecified atom stereocenters. The van der Waals surface area contributed by atoms with Crippen molar-refractivity contribution in [2.75, 3.05) is 0 Å². The van der Waals surface area contributed by atoms with Crippen molar-refractivity contribution in [3.05, 3.63) is 172 Å². The molecule has 0 amide bonds. The van der Waals surface area contributed by atoms with E-state index in [1.165, 1.54) is 91.6 Å². The van der Waals surface area contributed by atoms with E-state index in [2.05, 4.69) is 195 Å².